The first-order valence-corrected chi connectivity index (χ1v) is 12.2. The largest absolute Gasteiger partial charge is 0.481 e. The Morgan fingerprint density at radius 3 is 2.71 bits per heavy atom. The third kappa shape index (κ3) is 4.68. The van der Waals surface area contributed by atoms with Gasteiger partial charge in [0.05, 0.1) is 30.4 Å². The lowest BCUT2D eigenvalue weighted by Gasteiger charge is -2.32. The zero-order chi connectivity index (χ0) is 23.5. The number of anilines is 2. The van der Waals surface area contributed by atoms with Crippen molar-refractivity contribution in [1.29, 1.82) is 0 Å². The van der Waals surface area contributed by atoms with Gasteiger partial charge in [-0.2, -0.15) is 0 Å². The highest BCUT2D eigenvalue weighted by Crippen LogP contribution is 2.31. The second-order valence-corrected chi connectivity index (χ2v) is 9.12. The number of hydrogen-bond donors (Lipinski definition) is 1. The molecule has 178 valence electrons. The summed E-state index contributed by atoms with van der Waals surface area (Å²) in [5.74, 6) is 1.59. The molecule has 3 aromatic heterocycles. The molecule has 1 N–H and O–H groups in total. The van der Waals surface area contributed by atoms with Crippen LogP contribution < -0.4 is 15.0 Å². The molecule has 0 bridgehead atoms. The van der Waals surface area contributed by atoms with Crippen LogP contribution in [-0.2, 0) is 13.0 Å². The SMILES string of the molecule is CCN1CCC(Nc2cc(-c3ncnc4c3CN(c3cnc(OC)c(C)c3)CC4)ccn2)CC1. The smallest absolute Gasteiger partial charge is 0.216 e. The highest BCUT2D eigenvalue weighted by Gasteiger charge is 2.23. The molecule has 0 aliphatic carbocycles. The highest BCUT2D eigenvalue weighted by atomic mass is 16.5. The van der Waals surface area contributed by atoms with Crippen LogP contribution in [0, 0.1) is 6.92 Å². The van der Waals surface area contributed by atoms with Gasteiger partial charge >= 0.3 is 0 Å². The standard InChI is InChI=1S/C26H33N7O/c1-4-32-10-6-20(7-11-32)31-24-14-19(5-9-27-24)25-22-16-33(12-8-23(22)29-17-30-25)21-13-18(2)26(34-3)28-15-21/h5,9,13-15,17,20H,4,6-8,10-12,16H2,1-3H3,(H,27,31). The molecule has 2 aliphatic heterocycles. The van der Waals surface area contributed by atoms with Crippen molar-refractivity contribution in [1.82, 2.24) is 24.8 Å². The van der Waals surface area contributed by atoms with Crippen molar-refractivity contribution in [3.8, 4) is 17.1 Å². The molecule has 0 unspecified atom stereocenters. The molecule has 0 radical (unpaired) electrons. The summed E-state index contributed by atoms with van der Waals surface area (Å²) >= 11 is 0. The molecule has 0 amide bonds. The van der Waals surface area contributed by atoms with Gasteiger partial charge in [-0.3, -0.25) is 0 Å². The third-order valence-corrected chi connectivity index (χ3v) is 7.00. The number of rotatable bonds is 6. The van der Waals surface area contributed by atoms with Gasteiger partial charge in [0.2, 0.25) is 5.88 Å². The van der Waals surface area contributed by atoms with Crippen molar-refractivity contribution in [3.63, 3.8) is 0 Å². The normalized spacial score (nSPS) is 16.9. The first kappa shape index (κ1) is 22.5. The van der Waals surface area contributed by atoms with Gasteiger partial charge in [0.1, 0.15) is 12.1 Å². The Balaban J connectivity index is 1.37. The minimum absolute atomic E-state index is 0.464. The Hall–Kier alpha value is -3.26. The summed E-state index contributed by atoms with van der Waals surface area (Å²) in [6.07, 6.45) is 8.63. The van der Waals surface area contributed by atoms with E-state index in [1.807, 2.05) is 25.4 Å². The molecule has 8 heteroatoms. The Kier molecular flexibility index (Phi) is 6.58. The van der Waals surface area contributed by atoms with E-state index in [1.54, 1.807) is 13.4 Å². The number of nitrogens with one attached hydrogen (secondary N) is 1. The van der Waals surface area contributed by atoms with Crippen molar-refractivity contribution in [2.75, 3.05) is 43.5 Å². The van der Waals surface area contributed by atoms with Gasteiger partial charge in [-0.15, -0.1) is 0 Å². The number of ether oxygens (including phenoxy) is 1. The zero-order valence-electron chi connectivity index (χ0n) is 20.3. The number of nitrogens with zero attached hydrogens (tertiary/aromatic N) is 6. The van der Waals surface area contributed by atoms with Crippen LogP contribution in [0.2, 0.25) is 0 Å². The van der Waals surface area contributed by atoms with Crippen LogP contribution >= 0.6 is 0 Å². The second-order valence-electron chi connectivity index (χ2n) is 9.12. The molecule has 0 atom stereocenters. The summed E-state index contributed by atoms with van der Waals surface area (Å²) in [5, 5.41) is 3.66. The van der Waals surface area contributed by atoms with Crippen LogP contribution in [0.1, 0.15) is 36.6 Å². The number of fused-ring (bicyclic) bond motifs is 1. The minimum atomic E-state index is 0.464. The average molecular weight is 460 g/mol. The van der Waals surface area contributed by atoms with Crippen LogP contribution in [0.5, 0.6) is 5.88 Å². The van der Waals surface area contributed by atoms with Crippen molar-refractivity contribution in [3.05, 3.63) is 53.7 Å². The van der Waals surface area contributed by atoms with Crippen molar-refractivity contribution >= 4 is 11.5 Å². The molecule has 5 rings (SSSR count). The number of hydrogen-bond acceptors (Lipinski definition) is 8. The lowest BCUT2D eigenvalue weighted by molar-refractivity contribution is 0.229. The number of likely N-dealkylation sites (tertiary alicyclic amines) is 1. The van der Waals surface area contributed by atoms with Crippen LogP contribution in [0.25, 0.3) is 11.3 Å². The monoisotopic (exact) mass is 459 g/mol. The summed E-state index contributed by atoms with van der Waals surface area (Å²) in [5.41, 5.74) is 6.49. The van der Waals surface area contributed by atoms with Crippen molar-refractivity contribution in [2.45, 2.75) is 45.7 Å². The molecule has 8 nitrogen and oxygen atoms in total. The predicted octanol–water partition coefficient (Wildman–Crippen LogP) is 3.71. The molecule has 0 aromatic carbocycles. The molecular formula is C26H33N7O. The maximum atomic E-state index is 5.33. The van der Waals surface area contributed by atoms with E-state index in [1.165, 1.54) is 5.56 Å². The number of pyridine rings is 2. The first-order valence-electron chi connectivity index (χ1n) is 12.2. The van der Waals surface area contributed by atoms with Gasteiger partial charge in [0.25, 0.3) is 0 Å². The van der Waals surface area contributed by atoms with Crippen LogP contribution in [0.15, 0.2) is 36.9 Å². The molecule has 0 saturated carbocycles. The number of aryl methyl sites for hydroxylation is 1. The van der Waals surface area contributed by atoms with Gasteiger partial charge < -0.3 is 19.9 Å². The lowest BCUT2D eigenvalue weighted by atomic mass is 9.99. The molecule has 34 heavy (non-hydrogen) atoms. The third-order valence-electron chi connectivity index (χ3n) is 7.00. The minimum Gasteiger partial charge on any atom is -0.481 e. The fourth-order valence-corrected chi connectivity index (χ4v) is 5.00. The van der Waals surface area contributed by atoms with Gasteiger partial charge in [-0.1, -0.05) is 6.92 Å². The maximum absolute atomic E-state index is 5.33. The van der Waals surface area contributed by atoms with E-state index in [0.29, 0.717) is 11.9 Å². The molecular weight excluding hydrogens is 426 g/mol. The summed E-state index contributed by atoms with van der Waals surface area (Å²) in [6, 6.07) is 6.78. The summed E-state index contributed by atoms with van der Waals surface area (Å²) in [7, 11) is 1.65. The van der Waals surface area contributed by atoms with E-state index in [-0.39, 0.29) is 0 Å². The molecule has 2 aliphatic rings. The van der Waals surface area contributed by atoms with Crippen molar-refractivity contribution < 1.29 is 4.74 Å². The molecule has 3 aromatic rings. The Morgan fingerprint density at radius 2 is 1.94 bits per heavy atom. The second kappa shape index (κ2) is 9.93. The molecule has 1 fully saturated rings. The van der Waals surface area contributed by atoms with Gasteiger partial charge in [-0.05, 0) is 44.5 Å². The lowest BCUT2D eigenvalue weighted by Crippen LogP contribution is -2.39. The van der Waals surface area contributed by atoms with E-state index in [2.05, 4.69) is 49.1 Å². The topological polar surface area (TPSA) is 79.3 Å². The van der Waals surface area contributed by atoms with E-state index in [4.69, 9.17) is 9.72 Å². The quantitative estimate of drug-likeness (QED) is 0.598. The van der Waals surface area contributed by atoms with Crippen LogP contribution in [0.4, 0.5) is 11.5 Å². The molecule has 1 saturated heterocycles. The Bertz CT molecular complexity index is 1140. The van der Waals surface area contributed by atoms with Crippen molar-refractivity contribution in [2.24, 2.45) is 0 Å². The predicted molar refractivity (Wildman–Crippen MR) is 134 cm³/mol. The summed E-state index contributed by atoms with van der Waals surface area (Å²) in [4.78, 5) is 23.2. The van der Waals surface area contributed by atoms with E-state index in [0.717, 1.165) is 86.0 Å². The maximum Gasteiger partial charge on any atom is 0.216 e. The Labute approximate surface area is 201 Å². The van der Waals surface area contributed by atoms with Gasteiger partial charge in [0.15, 0.2) is 0 Å². The van der Waals surface area contributed by atoms with Crippen LogP contribution in [-0.4, -0.2) is 64.2 Å². The number of methoxy groups -OCH3 is 1. The summed E-state index contributed by atoms with van der Waals surface area (Å²) < 4.78 is 5.33. The Morgan fingerprint density at radius 1 is 1.09 bits per heavy atom. The molecule has 5 heterocycles. The highest BCUT2D eigenvalue weighted by molar-refractivity contribution is 5.68. The van der Waals surface area contributed by atoms with Gasteiger partial charge in [0, 0.05) is 61.5 Å². The molecule has 0 spiro atoms. The average Bonchev–Trinajstić information content (AvgIpc) is 2.88. The summed E-state index contributed by atoms with van der Waals surface area (Å²) in [6.45, 7) is 9.32. The fraction of sp³-hybridized carbons (Fsp3) is 0.462. The fourth-order valence-electron chi connectivity index (χ4n) is 5.00. The zero-order valence-corrected chi connectivity index (χ0v) is 20.3. The van der Waals surface area contributed by atoms with E-state index in [9.17, 15) is 0 Å². The van der Waals surface area contributed by atoms with Gasteiger partial charge in [-0.25, -0.2) is 19.9 Å². The first-order chi connectivity index (χ1) is 16.6. The van der Waals surface area contributed by atoms with E-state index < -0.39 is 0 Å². The number of piperidine rings is 1. The van der Waals surface area contributed by atoms with Crippen LogP contribution in [0.3, 0.4) is 0 Å². The van der Waals surface area contributed by atoms with E-state index >= 15 is 0 Å². The number of aromatic nitrogens is 4.